The maximum atomic E-state index is 12.4. The summed E-state index contributed by atoms with van der Waals surface area (Å²) in [7, 11) is 0. The first-order valence-corrected chi connectivity index (χ1v) is 5.29. The minimum absolute atomic E-state index is 0. The monoisotopic (exact) mass is 364 g/mol. The summed E-state index contributed by atoms with van der Waals surface area (Å²) in [6, 6.07) is 5.71. The summed E-state index contributed by atoms with van der Waals surface area (Å²) in [5.41, 5.74) is -0.129. The van der Waals surface area contributed by atoms with Crippen molar-refractivity contribution in [3.8, 4) is 0 Å². The molecule has 0 saturated heterocycles. The van der Waals surface area contributed by atoms with Crippen molar-refractivity contribution < 1.29 is 32.6 Å². The van der Waals surface area contributed by atoms with E-state index < -0.39 is 11.7 Å². The van der Waals surface area contributed by atoms with Gasteiger partial charge in [0.2, 0.25) is 0 Å². The average molecular weight is 365 g/mol. The van der Waals surface area contributed by atoms with Gasteiger partial charge in [-0.2, -0.15) is 13.2 Å². The fourth-order valence-corrected chi connectivity index (χ4v) is 1.70. The van der Waals surface area contributed by atoms with Gasteiger partial charge in [-0.1, -0.05) is 40.8 Å². The smallest absolute Gasteiger partial charge is 0.166 e. The Balaban J connectivity index is 0.00000169. The first-order valence-electron chi connectivity index (χ1n) is 3.77. The molecule has 0 bridgehead atoms. The van der Waals surface area contributed by atoms with E-state index in [9.17, 15) is 13.2 Å². The van der Waals surface area contributed by atoms with Crippen LogP contribution in [0.1, 0.15) is 11.1 Å². The molecular formula is C9H8F3IZn. The van der Waals surface area contributed by atoms with Crippen molar-refractivity contribution in [2.24, 2.45) is 0 Å². The van der Waals surface area contributed by atoms with Crippen molar-refractivity contribution in [3.05, 3.63) is 35.4 Å². The van der Waals surface area contributed by atoms with Crippen LogP contribution in [0.2, 0.25) is 0 Å². The van der Waals surface area contributed by atoms with Gasteiger partial charge < -0.3 is 0 Å². The van der Waals surface area contributed by atoms with Crippen LogP contribution in [0, 0.1) is 0 Å². The van der Waals surface area contributed by atoms with Crippen molar-refractivity contribution in [1.82, 2.24) is 0 Å². The largest absolute Gasteiger partial charge is 0.416 e. The number of aryl methyl sites for hydroxylation is 1. The summed E-state index contributed by atoms with van der Waals surface area (Å²) in [5, 5.41) is 0. The Labute approximate surface area is 107 Å². The van der Waals surface area contributed by atoms with E-state index in [-0.39, 0.29) is 19.5 Å². The van der Waals surface area contributed by atoms with Gasteiger partial charge >= 0.3 is 6.18 Å². The molecule has 0 aromatic heterocycles. The molecule has 1 rings (SSSR count). The Morgan fingerprint density at radius 3 is 2.21 bits per heavy atom. The van der Waals surface area contributed by atoms with Gasteiger partial charge in [0.15, 0.2) is 0 Å². The molecule has 1 aromatic rings. The first kappa shape index (κ1) is 14.4. The number of hydrogen-bond donors (Lipinski definition) is 0. The van der Waals surface area contributed by atoms with Gasteiger partial charge in [-0.15, -0.1) is 0 Å². The van der Waals surface area contributed by atoms with E-state index in [4.69, 9.17) is 0 Å². The molecule has 0 heterocycles. The van der Waals surface area contributed by atoms with E-state index in [2.05, 4.69) is 22.6 Å². The molecule has 0 radical (unpaired) electrons. The van der Waals surface area contributed by atoms with Crippen LogP contribution in [0.3, 0.4) is 0 Å². The standard InChI is InChI=1S/C9H8F3I.Zn/c10-9(11,12)8-4-2-1-3-7(8)5-6-13;/h1-4H,5-6H2;. The quantitative estimate of drug-likeness (QED) is 0.426. The van der Waals surface area contributed by atoms with Gasteiger partial charge in [0.25, 0.3) is 0 Å². The maximum absolute atomic E-state index is 12.4. The molecule has 0 saturated carbocycles. The minimum Gasteiger partial charge on any atom is -0.166 e. The number of alkyl halides is 4. The normalized spacial score (nSPS) is 10.9. The zero-order valence-electron chi connectivity index (χ0n) is 7.44. The summed E-state index contributed by atoms with van der Waals surface area (Å²) >= 11 is 2.07. The number of benzene rings is 1. The maximum Gasteiger partial charge on any atom is 0.416 e. The summed E-state index contributed by atoms with van der Waals surface area (Å²) < 4.78 is 37.8. The molecule has 0 spiro atoms. The molecule has 0 amide bonds. The van der Waals surface area contributed by atoms with Crippen molar-refractivity contribution in [2.45, 2.75) is 12.6 Å². The molecule has 0 fully saturated rings. The molecular weight excluding hydrogens is 357 g/mol. The zero-order valence-corrected chi connectivity index (χ0v) is 12.6. The van der Waals surface area contributed by atoms with Crippen molar-refractivity contribution in [2.75, 3.05) is 4.43 Å². The molecule has 0 aliphatic heterocycles. The topological polar surface area (TPSA) is 0 Å². The molecule has 0 unspecified atom stereocenters. The van der Waals surface area contributed by atoms with Gasteiger partial charge in [0.05, 0.1) is 5.56 Å². The van der Waals surface area contributed by atoms with Gasteiger partial charge in [0.1, 0.15) is 0 Å². The molecule has 5 heteroatoms. The first-order chi connectivity index (χ1) is 6.05. The second kappa shape index (κ2) is 6.06. The summed E-state index contributed by atoms with van der Waals surface area (Å²) in [4.78, 5) is 0. The van der Waals surface area contributed by atoms with Crippen molar-refractivity contribution >= 4 is 22.6 Å². The minimum atomic E-state index is -4.22. The van der Waals surface area contributed by atoms with Crippen LogP contribution in [0.15, 0.2) is 24.3 Å². The summed E-state index contributed by atoms with van der Waals surface area (Å²) in [5.74, 6) is 0. The molecule has 74 valence electrons. The fraction of sp³-hybridized carbons (Fsp3) is 0.333. The zero-order chi connectivity index (χ0) is 9.90. The van der Waals surface area contributed by atoms with Crippen molar-refractivity contribution in [1.29, 1.82) is 0 Å². The fourth-order valence-electron chi connectivity index (χ4n) is 1.12. The molecule has 0 nitrogen and oxygen atoms in total. The molecule has 1 aromatic carbocycles. The number of rotatable bonds is 2. The van der Waals surface area contributed by atoms with E-state index in [1.165, 1.54) is 12.1 Å². The molecule has 0 N–H and O–H groups in total. The molecule has 14 heavy (non-hydrogen) atoms. The Kier molecular flexibility index (Phi) is 6.21. The van der Waals surface area contributed by atoms with Crippen LogP contribution in [0.4, 0.5) is 13.2 Å². The van der Waals surface area contributed by atoms with E-state index in [0.29, 0.717) is 16.4 Å². The number of halogens is 4. The predicted octanol–water partition coefficient (Wildman–Crippen LogP) is 3.68. The van der Waals surface area contributed by atoms with Crippen LogP contribution in [0.5, 0.6) is 0 Å². The third-order valence-corrected chi connectivity index (χ3v) is 2.23. The van der Waals surface area contributed by atoms with Crippen LogP contribution in [-0.2, 0) is 32.1 Å². The third kappa shape index (κ3) is 3.85. The Morgan fingerprint density at radius 2 is 1.71 bits per heavy atom. The van der Waals surface area contributed by atoms with Crippen LogP contribution in [-0.4, -0.2) is 4.43 Å². The third-order valence-electron chi connectivity index (χ3n) is 1.69. The Morgan fingerprint density at radius 1 is 1.14 bits per heavy atom. The van der Waals surface area contributed by atoms with E-state index in [1.807, 2.05) is 0 Å². The van der Waals surface area contributed by atoms with Gasteiger partial charge in [-0.3, -0.25) is 0 Å². The molecule has 0 aliphatic rings. The van der Waals surface area contributed by atoms with Crippen LogP contribution in [0.25, 0.3) is 0 Å². The van der Waals surface area contributed by atoms with Crippen LogP contribution >= 0.6 is 22.6 Å². The molecule has 0 atom stereocenters. The van der Waals surface area contributed by atoms with E-state index in [0.717, 1.165) is 6.07 Å². The summed E-state index contributed by atoms with van der Waals surface area (Å²) in [6.45, 7) is 0. The van der Waals surface area contributed by atoms with Crippen LogP contribution < -0.4 is 0 Å². The van der Waals surface area contributed by atoms with E-state index in [1.54, 1.807) is 6.07 Å². The number of hydrogen-bond acceptors (Lipinski definition) is 0. The van der Waals surface area contributed by atoms with Crippen molar-refractivity contribution in [3.63, 3.8) is 0 Å². The Bertz CT molecular complexity index is 286. The second-order valence-corrected chi connectivity index (χ2v) is 3.67. The SMILES string of the molecule is FC(F)(F)c1ccccc1CCI.[Zn]. The van der Waals surface area contributed by atoms with Gasteiger partial charge in [-0.05, 0) is 18.1 Å². The summed E-state index contributed by atoms with van der Waals surface area (Å²) in [6.07, 6.45) is -3.75. The van der Waals surface area contributed by atoms with Gasteiger partial charge in [-0.25, -0.2) is 0 Å². The average Bonchev–Trinajstić information content (AvgIpc) is 2.04. The van der Waals surface area contributed by atoms with Gasteiger partial charge in [0, 0.05) is 23.9 Å². The second-order valence-electron chi connectivity index (χ2n) is 2.59. The van der Waals surface area contributed by atoms with E-state index >= 15 is 0 Å². The Hall–Kier alpha value is 0.363. The molecule has 0 aliphatic carbocycles. The predicted molar refractivity (Wildman–Crippen MR) is 54.0 cm³/mol.